The monoisotopic (exact) mass is 229 g/mol. The van der Waals surface area contributed by atoms with Crippen LogP contribution >= 0.6 is 11.6 Å². The first-order chi connectivity index (χ1) is 6.99. The third kappa shape index (κ3) is 2.31. The third-order valence-electron chi connectivity index (χ3n) is 2.67. The second-order valence-corrected chi connectivity index (χ2v) is 4.00. The standard InChI is InChI=1S/C10H16ClN3O/c1-7(5-11)13(3)10(15)9-6-12-14(4)8(9)2/h6-7H,5H2,1-4H3. The van der Waals surface area contributed by atoms with Gasteiger partial charge in [-0.25, -0.2) is 0 Å². The minimum absolute atomic E-state index is 0.0266. The van der Waals surface area contributed by atoms with Crippen LogP contribution in [0, 0.1) is 6.92 Å². The lowest BCUT2D eigenvalue weighted by Crippen LogP contribution is -2.36. The maximum atomic E-state index is 12.0. The molecule has 1 atom stereocenters. The molecule has 1 amide bonds. The Kier molecular flexibility index (Phi) is 3.74. The molecule has 0 saturated heterocycles. The molecule has 0 aromatic carbocycles. The first-order valence-corrected chi connectivity index (χ1v) is 5.34. The lowest BCUT2D eigenvalue weighted by molar-refractivity contribution is 0.0756. The zero-order chi connectivity index (χ0) is 11.6. The average molecular weight is 230 g/mol. The predicted molar refractivity (Wildman–Crippen MR) is 60.2 cm³/mol. The fourth-order valence-corrected chi connectivity index (χ4v) is 1.41. The van der Waals surface area contributed by atoms with E-state index in [1.165, 1.54) is 0 Å². The largest absolute Gasteiger partial charge is 0.338 e. The van der Waals surface area contributed by atoms with Crippen molar-refractivity contribution < 1.29 is 4.79 Å². The summed E-state index contributed by atoms with van der Waals surface area (Å²) >= 11 is 5.71. The quantitative estimate of drug-likeness (QED) is 0.736. The van der Waals surface area contributed by atoms with Gasteiger partial charge >= 0.3 is 0 Å². The van der Waals surface area contributed by atoms with E-state index in [0.29, 0.717) is 11.4 Å². The van der Waals surface area contributed by atoms with E-state index in [9.17, 15) is 4.79 Å². The van der Waals surface area contributed by atoms with E-state index >= 15 is 0 Å². The summed E-state index contributed by atoms with van der Waals surface area (Å²) in [5.41, 5.74) is 1.51. The van der Waals surface area contributed by atoms with Crippen LogP contribution in [0.5, 0.6) is 0 Å². The second kappa shape index (κ2) is 4.66. The van der Waals surface area contributed by atoms with Crippen LogP contribution in [0.2, 0.25) is 0 Å². The molecule has 1 aromatic rings. The lowest BCUT2D eigenvalue weighted by Gasteiger charge is -2.22. The number of alkyl halides is 1. The van der Waals surface area contributed by atoms with E-state index in [2.05, 4.69) is 5.10 Å². The van der Waals surface area contributed by atoms with Crippen LogP contribution < -0.4 is 0 Å². The molecule has 15 heavy (non-hydrogen) atoms. The van der Waals surface area contributed by atoms with Gasteiger partial charge < -0.3 is 4.90 Å². The number of nitrogens with zero attached hydrogens (tertiary/aromatic N) is 3. The Morgan fingerprint density at radius 1 is 1.73 bits per heavy atom. The van der Waals surface area contributed by atoms with Gasteiger partial charge in [0.25, 0.3) is 5.91 Å². The van der Waals surface area contributed by atoms with Gasteiger partial charge in [-0.2, -0.15) is 5.10 Å². The molecular formula is C10H16ClN3O. The van der Waals surface area contributed by atoms with Crippen molar-refractivity contribution in [2.45, 2.75) is 19.9 Å². The Balaban J connectivity index is 2.90. The highest BCUT2D eigenvalue weighted by molar-refractivity contribution is 6.18. The van der Waals surface area contributed by atoms with Crippen molar-refractivity contribution in [3.63, 3.8) is 0 Å². The number of hydrogen-bond acceptors (Lipinski definition) is 2. The summed E-state index contributed by atoms with van der Waals surface area (Å²) in [6, 6.07) is 0.0266. The Morgan fingerprint density at radius 2 is 2.33 bits per heavy atom. The summed E-state index contributed by atoms with van der Waals surface area (Å²) in [4.78, 5) is 13.6. The number of rotatable bonds is 3. The number of hydrogen-bond donors (Lipinski definition) is 0. The van der Waals surface area contributed by atoms with Crippen molar-refractivity contribution in [2.24, 2.45) is 7.05 Å². The van der Waals surface area contributed by atoms with Crippen LogP contribution in [0.15, 0.2) is 6.20 Å². The van der Waals surface area contributed by atoms with E-state index in [4.69, 9.17) is 11.6 Å². The molecule has 0 radical (unpaired) electrons. The van der Waals surface area contributed by atoms with E-state index < -0.39 is 0 Å². The van der Waals surface area contributed by atoms with Crippen molar-refractivity contribution in [2.75, 3.05) is 12.9 Å². The van der Waals surface area contributed by atoms with Crippen molar-refractivity contribution in [1.82, 2.24) is 14.7 Å². The highest BCUT2D eigenvalue weighted by Gasteiger charge is 2.20. The highest BCUT2D eigenvalue weighted by atomic mass is 35.5. The minimum Gasteiger partial charge on any atom is -0.338 e. The summed E-state index contributed by atoms with van der Waals surface area (Å²) in [7, 11) is 3.57. The van der Waals surface area contributed by atoms with Crippen molar-refractivity contribution in [3.05, 3.63) is 17.5 Å². The van der Waals surface area contributed by atoms with Crippen LogP contribution in [0.4, 0.5) is 0 Å². The van der Waals surface area contributed by atoms with Crippen LogP contribution in [0.3, 0.4) is 0 Å². The Labute approximate surface area is 94.8 Å². The van der Waals surface area contributed by atoms with E-state index in [1.807, 2.05) is 20.9 Å². The molecular weight excluding hydrogens is 214 g/mol. The third-order valence-corrected chi connectivity index (χ3v) is 3.12. The minimum atomic E-state index is -0.0336. The molecule has 0 aliphatic heterocycles. The molecule has 0 spiro atoms. The zero-order valence-electron chi connectivity index (χ0n) is 9.49. The maximum absolute atomic E-state index is 12.0. The fourth-order valence-electron chi connectivity index (χ4n) is 1.20. The summed E-state index contributed by atoms with van der Waals surface area (Å²) in [5.74, 6) is 0.399. The molecule has 4 nitrogen and oxygen atoms in total. The highest BCUT2D eigenvalue weighted by Crippen LogP contribution is 2.11. The molecule has 0 N–H and O–H groups in total. The van der Waals surface area contributed by atoms with Crippen molar-refractivity contribution in [1.29, 1.82) is 0 Å². The van der Waals surface area contributed by atoms with Crippen LogP contribution in [0.1, 0.15) is 23.0 Å². The molecule has 5 heteroatoms. The summed E-state index contributed by atoms with van der Waals surface area (Å²) < 4.78 is 1.69. The van der Waals surface area contributed by atoms with Gasteiger partial charge in [0.15, 0.2) is 0 Å². The summed E-state index contributed by atoms with van der Waals surface area (Å²) in [5, 5.41) is 4.04. The Bertz CT molecular complexity index is 362. The lowest BCUT2D eigenvalue weighted by atomic mass is 10.2. The Hall–Kier alpha value is -1.03. The number of aromatic nitrogens is 2. The first-order valence-electron chi connectivity index (χ1n) is 4.80. The van der Waals surface area contributed by atoms with Gasteiger partial charge in [0.2, 0.25) is 0 Å². The number of carbonyl (C=O) groups is 1. The molecule has 0 aliphatic carbocycles. The molecule has 0 bridgehead atoms. The van der Waals surface area contributed by atoms with E-state index in [1.54, 1.807) is 22.8 Å². The SMILES string of the molecule is Cc1c(C(=O)N(C)C(C)CCl)cnn1C. The van der Waals surface area contributed by atoms with Crippen LogP contribution in [0.25, 0.3) is 0 Å². The van der Waals surface area contributed by atoms with Gasteiger partial charge in [-0.15, -0.1) is 11.6 Å². The molecule has 1 unspecified atom stereocenters. The molecule has 1 heterocycles. The fraction of sp³-hybridized carbons (Fsp3) is 0.600. The topological polar surface area (TPSA) is 38.1 Å². The summed E-state index contributed by atoms with van der Waals surface area (Å²) in [6.45, 7) is 3.79. The van der Waals surface area contributed by atoms with Crippen LogP contribution in [-0.4, -0.2) is 39.6 Å². The van der Waals surface area contributed by atoms with Crippen molar-refractivity contribution in [3.8, 4) is 0 Å². The van der Waals surface area contributed by atoms with Gasteiger partial charge in [-0.3, -0.25) is 9.48 Å². The predicted octanol–water partition coefficient (Wildman–Crippen LogP) is 1.43. The molecule has 0 saturated carbocycles. The van der Waals surface area contributed by atoms with Gasteiger partial charge in [0.05, 0.1) is 11.8 Å². The summed E-state index contributed by atoms with van der Waals surface area (Å²) in [6.07, 6.45) is 1.59. The van der Waals surface area contributed by atoms with E-state index in [0.717, 1.165) is 5.69 Å². The maximum Gasteiger partial charge on any atom is 0.257 e. The zero-order valence-corrected chi connectivity index (χ0v) is 10.2. The number of aryl methyl sites for hydroxylation is 1. The molecule has 0 fully saturated rings. The van der Waals surface area contributed by atoms with Gasteiger partial charge in [0, 0.05) is 31.7 Å². The molecule has 84 valence electrons. The molecule has 1 rings (SSSR count). The molecule has 0 aliphatic rings. The van der Waals surface area contributed by atoms with E-state index in [-0.39, 0.29) is 11.9 Å². The first kappa shape index (κ1) is 12.0. The van der Waals surface area contributed by atoms with Gasteiger partial charge in [0.1, 0.15) is 0 Å². The van der Waals surface area contributed by atoms with Gasteiger partial charge in [-0.05, 0) is 13.8 Å². The normalized spacial score (nSPS) is 12.6. The second-order valence-electron chi connectivity index (χ2n) is 3.69. The van der Waals surface area contributed by atoms with Crippen molar-refractivity contribution >= 4 is 17.5 Å². The number of halogens is 1. The molecule has 1 aromatic heterocycles. The average Bonchev–Trinajstić information content (AvgIpc) is 2.56. The van der Waals surface area contributed by atoms with Crippen LogP contribution in [-0.2, 0) is 7.05 Å². The number of amides is 1. The smallest absolute Gasteiger partial charge is 0.257 e. The van der Waals surface area contributed by atoms with Gasteiger partial charge in [-0.1, -0.05) is 0 Å². The number of carbonyl (C=O) groups excluding carboxylic acids is 1. The Morgan fingerprint density at radius 3 is 2.73 bits per heavy atom.